The Kier molecular flexibility index (Phi) is 2.37. The van der Waals surface area contributed by atoms with E-state index >= 15 is 0 Å². The Morgan fingerprint density at radius 3 is 2.80 bits per heavy atom. The fraction of sp³-hybridized carbons (Fsp3) is 0.111. The molecule has 1 aliphatic rings. The molecule has 0 atom stereocenters. The van der Waals surface area contributed by atoms with Crippen molar-refractivity contribution in [1.82, 2.24) is 0 Å². The lowest BCUT2D eigenvalue weighted by molar-refractivity contribution is 0.237. The maximum absolute atomic E-state index is 11.1. The Labute approximate surface area is 87.2 Å². The average molecular weight is 227 g/mol. The minimum Gasteiger partial charge on any atom is -0.493 e. The summed E-state index contributed by atoms with van der Waals surface area (Å²) in [5.41, 5.74) is 0.645. The highest BCUT2D eigenvalue weighted by Gasteiger charge is 2.13. The molecule has 0 amide bonds. The normalized spacial score (nSPS) is 14.7. The van der Waals surface area contributed by atoms with Gasteiger partial charge in [-0.25, -0.2) is 13.6 Å². The highest BCUT2D eigenvalue weighted by atomic mass is 32.2. The second-order valence-corrected chi connectivity index (χ2v) is 4.58. The van der Waals surface area contributed by atoms with Crippen LogP contribution in [-0.4, -0.2) is 8.42 Å². The number of benzene rings is 1. The molecule has 2 N–H and O–H groups in total. The maximum atomic E-state index is 11.1. The first-order valence-electron chi connectivity index (χ1n) is 4.16. The predicted octanol–water partition coefficient (Wildman–Crippen LogP) is 0.714. The molecule has 1 aliphatic heterocycles. The summed E-state index contributed by atoms with van der Waals surface area (Å²) >= 11 is 0. The van der Waals surface area contributed by atoms with Crippen LogP contribution in [0.1, 0.15) is 5.56 Å². The molecule has 0 fully saturated rings. The fourth-order valence-corrected chi connectivity index (χ4v) is 1.80. The number of hydrogen-bond donors (Lipinski definition) is 1. The lowest BCUT2D eigenvalue weighted by Gasteiger charge is -2.06. The fourth-order valence-electron chi connectivity index (χ4n) is 1.24. The molecular formula is C9H9NO4S. The van der Waals surface area contributed by atoms with E-state index in [4.69, 9.17) is 14.6 Å². The molecule has 80 valence electrons. The highest BCUT2D eigenvalue weighted by Crippen LogP contribution is 2.24. The van der Waals surface area contributed by atoms with Gasteiger partial charge in [0.1, 0.15) is 24.9 Å². The van der Waals surface area contributed by atoms with Crippen LogP contribution in [0.5, 0.6) is 5.75 Å². The first-order chi connectivity index (χ1) is 7.07. The zero-order valence-electron chi connectivity index (χ0n) is 7.71. The molecule has 0 bridgehead atoms. The predicted molar refractivity (Wildman–Crippen MR) is 52.4 cm³/mol. The van der Waals surface area contributed by atoms with E-state index in [0.29, 0.717) is 11.3 Å². The number of hydrogen-bond acceptors (Lipinski definition) is 4. The van der Waals surface area contributed by atoms with Crippen molar-refractivity contribution in [2.75, 3.05) is 0 Å². The van der Waals surface area contributed by atoms with Crippen molar-refractivity contribution in [2.45, 2.75) is 11.5 Å². The summed E-state index contributed by atoms with van der Waals surface area (Å²) in [5.74, 6) is 0.566. The lowest BCUT2D eigenvalue weighted by atomic mass is 10.2. The number of ether oxygens (including phenoxy) is 2. The van der Waals surface area contributed by atoms with E-state index in [1.807, 2.05) is 0 Å². The van der Waals surface area contributed by atoms with Gasteiger partial charge in [-0.2, -0.15) is 0 Å². The van der Waals surface area contributed by atoms with E-state index < -0.39 is 10.0 Å². The van der Waals surface area contributed by atoms with Crippen LogP contribution in [-0.2, 0) is 21.4 Å². The summed E-state index contributed by atoms with van der Waals surface area (Å²) in [4.78, 5) is 0.0513. The molecule has 5 nitrogen and oxygen atoms in total. The van der Waals surface area contributed by atoms with Crippen LogP contribution in [0.3, 0.4) is 0 Å². The molecule has 0 saturated heterocycles. The van der Waals surface area contributed by atoms with Crippen LogP contribution in [0.4, 0.5) is 0 Å². The first-order valence-corrected chi connectivity index (χ1v) is 5.71. The Balaban J connectivity index is 2.48. The zero-order chi connectivity index (χ0) is 10.9. The highest BCUT2D eigenvalue weighted by molar-refractivity contribution is 7.89. The molecule has 6 heteroatoms. The Morgan fingerprint density at radius 2 is 2.07 bits per heavy atom. The van der Waals surface area contributed by atoms with Crippen molar-refractivity contribution in [3.63, 3.8) is 0 Å². The van der Waals surface area contributed by atoms with Crippen molar-refractivity contribution < 1.29 is 17.9 Å². The SMILES string of the molecule is NS(=O)(=O)c1ccc2c(c1)COC=CO2. The van der Waals surface area contributed by atoms with Crippen molar-refractivity contribution >= 4 is 10.0 Å². The number of primary sulfonamides is 1. The van der Waals surface area contributed by atoms with E-state index in [2.05, 4.69) is 0 Å². The number of fused-ring (bicyclic) bond motifs is 1. The average Bonchev–Trinajstić information content (AvgIpc) is 2.39. The van der Waals surface area contributed by atoms with Crippen LogP contribution in [0.2, 0.25) is 0 Å². The summed E-state index contributed by atoms with van der Waals surface area (Å²) in [6.07, 6.45) is 2.79. The van der Waals surface area contributed by atoms with Gasteiger partial charge in [-0.1, -0.05) is 0 Å². The molecule has 0 aliphatic carbocycles. The van der Waals surface area contributed by atoms with Crippen LogP contribution in [0.25, 0.3) is 0 Å². The van der Waals surface area contributed by atoms with Gasteiger partial charge in [0.25, 0.3) is 0 Å². The van der Waals surface area contributed by atoms with Crippen LogP contribution in [0.15, 0.2) is 35.6 Å². The van der Waals surface area contributed by atoms with E-state index in [1.165, 1.54) is 24.7 Å². The molecule has 0 radical (unpaired) electrons. The van der Waals surface area contributed by atoms with Gasteiger partial charge in [0.15, 0.2) is 0 Å². The third-order valence-corrected chi connectivity index (χ3v) is 2.86. The molecule has 0 saturated carbocycles. The van der Waals surface area contributed by atoms with Gasteiger partial charge in [-0.3, -0.25) is 0 Å². The van der Waals surface area contributed by atoms with E-state index in [1.54, 1.807) is 6.07 Å². The standard InChI is InChI=1S/C9H9NO4S/c10-15(11,12)8-1-2-9-7(5-8)6-13-3-4-14-9/h1-5H,6H2,(H2,10,11,12). The zero-order valence-corrected chi connectivity index (χ0v) is 8.53. The third kappa shape index (κ3) is 2.11. The van der Waals surface area contributed by atoms with Crippen molar-refractivity contribution in [3.05, 3.63) is 36.3 Å². The van der Waals surface area contributed by atoms with Crippen LogP contribution < -0.4 is 9.88 Å². The number of nitrogens with two attached hydrogens (primary N) is 1. The maximum Gasteiger partial charge on any atom is 0.238 e. The van der Waals surface area contributed by atoms with Gasteiger partial charge >= 0.3 is 0 Å². The van der Waals surface area contributed by atoms with Gasteiger partial charge in [-0.15, -0.1) is 0 Å². The summed E-state index contributed by atoms with van der Waals surface area (Å²) in [5, 5.41) is 5.00. The van der Waals surface area contributed by atoms with Crippen molar-refractivity contribution in [1.29, 1.82) is 0 Å². The first kappa shape index (κ1) is 10.0. The van der Waals surface area contributed by atoms with Gasteiger partial charge in [0.2, 0.25) is 10.0 Å². The Morgan fingerprint density at radius 1 is 1.27 bits per heavy atom. The minimum absolute atomic E-state index is 0.0513. The van der Waals surface area contributed by atoms with Crippen LogP contribution >= 0.6 is 0 Å². The summed E-state index contributed by atoms with van der Waals surface area (Å²) < 4.78 is 32.4. The molecule has 1 heterocycles. The summed E-state index contributed by atoms with van der Waals surface area (Å²) in [6, 6.07) is 4.39. The monoisotopic (exact) mass is 227 g/mol. The molecule has 0 aromatic heterocycles. The van der Waals surface area contributed by atoms with Crippen molar-refractivity contribution in [3.8, 4) is 5.75 Å². The van der Waals surface area contributed by atoms with Crippen LogP contribution in [0, 0.1) is 0 Å². The number of rotatable bonds is 1. The number of sulfonamides is 1. The van der Waals surface area contributed by atoms with Gasteiger partial charge < -0.3 is 9.47 Å². The molecule has 1 aromatic rings. The second-order valence-electron chi connectivity index (χ2n) is 3.02. The summed E-state index contributed by atoms with van der Waals surface area (Å²) in [6.45, 7) is 0.259. The quantitative estimate of drug-likeness (QED) is 0.766. The van der Waals surface area contributed by atoms with Gasteiger partial charge in [0, 0.05) is 5.56 Å². The minimum atomic E-state index is -3.68. The second kappa shape index (κ2) is 3.56. The van der Waals surface area contributed by atoms with E-state index in [-0.39, 0.29) is 11.5 Å². The lowest BCUT2D eigenvalue weighted by Crippen LogP contribution is -2.12. The largest absolute Gasteiger partial charge is 0.493 e. The molecule has 1 aromatic carbocycles. The Bertz CT molecular complexity index is 507. The topological polar surface area (TPSA) is 78.6 Å². The Hall–Kier alpha value is -1.53. The van der Waals surface area contributed by atoms with E-state index in [0.717, 1.165) is 0 Å². The molecule has 2 rings (SSSR count). The molecule has 15 heavy (non-hydrogen) atoms. The van der Waals surface area contributed by atoms with E-state index in [9.17, 15) is 8.42 Å². The third-order valence-electron chi connectivity index (χ3n) is 1.95. The van der Waals surface area contributed by atoms with Crippen molar-refractivity contribution in [2.24, 2.45) is 5.14 Å². The van der Waals surface area contributed by atoms with Gasteiger partial charge in [-0.05, 0) is 18.2 Å². The smallest absolute Gasteiger partial charge is 0.238 e. The molecule has 0 spiro atoms. The van der Waals surface area contributed by atoms with Gasteiger partial charge in [0.05, 0.1) is 4.90 Å². The summed E-state index contributed by atoms with van der Waals surface area (Å²) in [7, 11) is -3.68. The molecular weight excluding hydrogens is 218 g/mol. The molecule has 0 unspecified atom stereocenters.